The Hall–Kier alpha value is -3.15. The number of sulfonamides is 1. The molecule has 2 aliphatic rings. The van der Waals surface area contributed by atoms with Gasteiger partial charge < -0.3 is 24.1 Å². The first kappa shape index (κ1) is 26.9. The minimum Gasteiger partial charge on any atom is -0.459 e. The number of aliphatic hydroxyl groups is 1. The highest BCUT2D eigenvalue weighted by molar-refractivity contribution is 7.89. The molecule has 1 fully saturated rings. The molecule has 2 aromatic rings. The Kier molecular flexibility index (Phi) is 8.05. The molecule has 0 bridgehead atoms. The average molecular weight is 534 g/mol. The molecule has 2 aromatic carbocycles. The van der Waals surface area contributed by atoms with Crippen molar-refractivity contribution < 1.29 is 42.1 Å². The molecular formula is C26H31NO9S. The molecule has 1 saturated carbocycles. The second-order valence-electron chi connectivity index (χ2n) is 9.37. The van der Waals surface area contributed by atoms with Crippen molar-refractivity contribution in [2.75, 3.05) is 13.4 Å². The fraction of sp³-hybridized carbons (Fsp3) is 0.462. The van der Waals surface area contributed by atoms with Crippen molar-refractivity contribution >= 4 is 22.0 Å². The topological polar surface area (TPSA) is 137 Å². The van der Waals surface area contributed by atoms with Gasteiger partial charge in [0, 0.05) is 32.2 Å². The molecule has 5 atom stereocenters. The van der Waals surface area contributed by atoms with Gasteiger partial charge in [-0.05, 0) is 49.1 Å². The summed E-state index contributed by atoms with van der Waals surface area (Å²) in [6.07, 6.45) is -1.47. The number of hydrogen-bond donors (Lipinski definition) is 2. The van der Waals surface area contributed by atoms with E-state index in [0.29, 0.717) is 17.1 Å². The highest BCUT2D eigenvalue weighted by Gasteiger charge is 2.45. The first-order chi connectivity index (χ1) is 17.6. The molecule has 1 aliphatic carbocycles. The summed E-state index contributed by atoms with van der Waals surface area (Å²) >= 11 is 0. The third kappa shape index (κ3) is 6.23. The van der Waals surface area contributed by atoms with Crippen LogP contribution in [0.25, 0.3) is 0 Å². The molecule has 200 valence electrons. The minimum atomic E-state index is -3.96. The van der Waals surface area contributed by atoms with Crippen LogP contribution in [0.2, 0.25) is 0 Å². The summed E-state index contributed by atoms with van der Waals surface area (Å²) in [5.41, 5.74) is 1.63. The summed E-state index contributed by atoms with van der Waals surface area (Å²) in [6, 6.07) is 11.0. The van der Waals surface area contributed by atoms with E-state index in [4.69, 9.17) is 18.9 Å². The standard InChI is InChI=1S/C26H31NO9S/c1-15-4-7-19(8-5-15)37(31,32)27-22-12-26(36-17(3)30)25(35-16(2)29)11-20(22)21(13-28)18-6-9-23-24(10-18)34-14-33-23/h4-10,20-22,25-28H,11-14H2,1-3H3/t20-,21-,22-,25+,26-/m0/s1. The van der Waals surface area contributed by atoms with Crippen LogP contribution in [-0.2, 0) is 29.1 Å². The molecule has 37 heavy (non-hydrogen) atoms. The van der Waals surface area contributed by atoms with Crippen LogP contribution in [0.1, 0.15) is 43.7 Å². The molecule has 0 saturated heterocycles. The van der Waals surface area contributed by atoms with Gasteiger partial charge in [-0.3, -0.25) is 9.59 Å². The first-order valence-electron chi connectivity index (χ1n) is 12.0. The molecular weight excluding hydrogens is 502 g/mol. The Labute approximate surface area is 215 Å². The second kappa shape index (κ2) is 11.1. The third-order valence-electron chi connectivity index (χ3n) is 6.73. The lowest BCUT2D eigenvalue weighted by molar-refractivity contribution is -0.172. The van der Waals surface area contributed by atoms with Crippen LogP contribution in [0.4, 0.5) is 0 Å². The quantitative estimate of drug-likeness (QED) is 0.490. The fourth-order valence-electron chi connectivity index (χ4n) is 5.03. The Morgan fingerprint density at radius 2 is 1.62 bits per heavy atom. The van der Waals surface area contributed by atoms with Crippen LogP contribution in [0.15, 0.2) is 47.4 Å². The summed E-state index contributed by atoms with van der Waals surface area (Å²) in [5, 5.41) is 10.5. The van der Waals surface area contributed by atoms with E-state index < -0.39 is 52.0 Å². The Morgan fingerprint density at radius 3 is 2.24 bits per heavy atom. The molecule has 4 rings (SSSR count). The van der Waals surface area contributed by atoms with Gasteiger partial charge >= 0.3 is 11.9 Å². The van der Waals surface area contributed by atoms with E-state index in [0.717, 1.165) is 5.56 Å². The summed E-state index contributed by atoms with van der Waals surface area (Å²) in [7, 11) is -3.96. The molecule has 0 amide bonds. The lowest BCUT2D eigenvalue weighted by atomic mass is 9.72. The highest BCUT2D eigenvalue weighted by atomic mass is 32.2. The predicted molar refractivity (Wildman–Crippen MR) is 132 cm³/mol. The van der Waals surface area contributed by atoms with Crippen molar-refractivity contribution in [3.63, 3.8) is 0 Å². The Balaban J connectivity index is 1.71. The highest BCUT2D eigenvalue weighted by Crippen LogP contribution is 2.42. The maximum Gasteiger partial charge on any atom is 0.303 e. The van der Waals surface area contributed by atoms with Crippen molar-refractivity contribution in [3.8, 4) is 11.5 Å². The number of esters is 2. The molecule has 0 aromatic heterocycles. The van der Waals surface area contributed by atoms with Crippen LogP contribution in [0.5, 0.6) is 11.5 Å². The van der Waals surface area contributed by atoms with E-state index in [1.165, 1.54) is 26.0 Å². The number of fused-ring (bicyclic) bond motifs is 1. The van der Waals surface area contributed by atoms with E-state index in [1.807, 2.05) is 6.92 Å². The van der Waals surface area contributed by atoms with Gasteiger partial charge in [-0.1, -0.05) is 23.8 Å². The summed E-state index contributed by atoms with van der Waals surface area (Å²) < 4.78 is 51.3. The first-order valence-corrected chi connectivity index (χ1v) is 13.5. The number of aliphatic hydroxyl groups excluding tert-OH is 1. The number of aryl methyl sites for hydroxylation is 1. The van der Waals surface area contributed by atoms with E-state index in [1.54, 1.807) is 30.3 Å². The Bertz CT molecular complexity index is 1250. The number of benzene rings is 2. The van der Waals surface area contributed by atoms with E-state index in [-0.39, 0.29) is 31.1 Å². The normalized spacial score (nSPS) is 23.8. The number of rotatable bonds is 8. The zero-order valence-corrected chi connectivity index (χ0v) is 21.7. The van der Waals surface area contributed by atoms with Crippen molar-refractivity contribution in [3.05, 3.63) is 53.6 Å². The van der Waals surface area contributed by atoms with Crippen molar-refractivity contribution in [2.45, 2.75) is 62.7 Å². The average Bonchev–Trinajstić information content (AvgIpc) is 3.29. The Morgan fingerprint density at radius 1 is 1.00 bits per heavy atom. The maximum absolute atomic E-state index is 13.3. The van der Waals surface area contributed by atoms with Gasteiger partial charge in [0.05, 0.1) is 11.5 Å². The van der Waals surface area contributed by atoms with Gasteiger partial charge in [0.2, 0.25) is 16.8 Å². The molecule has 2 N–H and O–H groups in total. The fourth-order valence-corrected chi connectivity index (χ4v) is 6.33. The van der Waals surface area contributed by atoms with Crippen molar-refractivity contribution in [1.82, 2.24) is 4.72 Å². The largest absolute Gasteiger partial charge is 0.459 e. The lowest BCUT2D eigenvalue weighted by Gasteiger charge is -2.43. The van der Waals surface area contributed by atoms with Gasteiger partial charge in [0.1, 0.15) is 12.2 Å². The summed E-state index contributed by atoms with van der Waals surface area (Å²) in [6.45, 7) is 4.14. The third-order valence-corrected chi connectivity index (χ3v) is 8.24. The monoisotopic (exact) mass is 533 g/mol. The minimum absolute atomic E-state index is 0.0499. The van der Waals surface area contributed by atoms with Crippen molar-refractivity contribution in [1.29, 1.82) is 0 Å². The number of carbonyl (C=O) groups excluding carboxylic acids is 2. The van der Waals surface area contributed by atoms with Crippen LogP contribution in [-0.4, -0.2) is 57.1 Å². The zero-order chi connectivity index (χ0) is 26.7. The molecule has 0 unspecified atom stereocenters. The van der Waals surface area contributed by atoms with Gasteiger partial charge in [0.25, 0.3) is 0 Å². The smallest absolute Gasteiger partial charge is 0.303 e. The summed E-state index contributed by atoms with van der Waals surface area (Å²) in [5.74, 6) is -1.08. The van der Waals surface area contributed by atoms with Crippen molar-refractivity contribution in [2.24, 2.45) is 5.92 Å². The SMILES string of the molecule is CC(=O)O[C@H]1C[C@H](NS(=O)(=O)c2ccc(C)cc2)[C@H]([C@@H](CO)c2ccc3c(c2)OCO3)C[C@H]1OC(C)=O. The van der Waals surface area contributed by atoms with Crippen LogP contribution >= 0.6 is 0 Å². The summed E-state index contributed by atoms with van der Waals surface area (Å²) in [4.78, 5) is 23.8. The second-order valence-corrected chi connectivity index (χ2v) is 11.1. The van der Waals surface area contributed by atoms with Gasteiger partial charge in [-0.2, -0.15) is 0 Å². The number of ether oxygens (including phenoxy) is 4. The molecule has 0 spiro atoms. The van der Waals surface area contributed by atoms with Gasteiger partial charge in [0.15, 0.2) is 11.5 Å². The molecule has 0 radical (unpaired) electrons. The lowest BCUT2D eigenvalue weighted by Crippen LogP contribution is -2.54. The van der Waals surface area contributed by atoms with Gasteiger partial charge in [-0.15, -0.1) is 0 Å². The van der Waals surface area contributed by atoms with Crippen LogP contribution in [0.3, 0.4) is 0 Å². The maximum atomic E-state index is 13.3. The van der Waals surface area contributed by atoms with E-state index >= 15 is 0 Å². The molecule has 10 nitrogen and oxygen atoms in total. The van der Waals surface area contributed by atoms with Crippen LogP contribution < -0.4 is 14.2 Å². The predicted octanol–water partition coefficient (Wildman–Crippen LogP) is 2.42. The molecule has 11 heteroatoms. The zero-order valence-electron chi connectivity index (χ0n) is 20.9. The van der Waals surface area contributed by atoms with E-state index in [9.17, 15) is 23.1 Å². The molecule has 1 heterocycles. The number of carbonyl (C=O) groups is 2. The van der Waals surface area contributed by atoms with Gasteiger partial charge in [-0.25, -0.2) is 13.1 Å². The van der Waals surface area contributed by atoms with Crippen LogP contribution in [0, 0.1) is 12.8 Å². The van der Waals surface area contributed by atoms with E-state index in [2.05, 4.69) is 4.72 Å². The molecule has 1 aliphatic heterocycles. The number of hydrogen-bond acceptors (Lipinski definition) is 9. The number of nitrogens with one attached hydrogen (secondary N) is 1.